The van der Waals surface area contributed by atoms with Gasteiger partial charge in [0.1, 0.15) is 0 Å². The van der Waals surface area contributed by atoms with Crippen LogP contribution in [0.5, 0.6) is 0 Å². The maximum Gasteiger partial charge on any atom is 0.0977 e. The Hall–Kier alpha value is -1.68. The van der Waals surface area contributed by atoms with E-state index in [4.69, 9.17) is 4.74 Å². The summed E-state index contributed by atoms with van der Waals surface area (Å²) in [7, 11) is 0. The number of nitrogens with zero attached hydrogens (tertiary/aromatic N) is 1. The van der Waals surface area contributed by atoms with E-state index in [9.17, 15) is 5.11 Å². The van der Waals surface area contributed by atoms with Crippen LogP contribution in [0.4, 0.5) is 0 Å². The number of aliphatic hydroxyl groups is 1. The summed E-state index contributed by atoms with van der Waals surface area (Å²) in [4.78, 5) is 2.42. The number of rotatable bonds is 5. The van der Waals surface area contributed by atoms with E-state index in [-0.39, 0.29) is 6.10 Å². The van der Waals surface area contributed by atoms with Crippen molar-refractivity contribution in [3.05, 3.63) is 71.8 Å². The summed E-state index contributed by atoms with van der Waals surface area (Å²) in [6.07, 6.45) is 0.454. The van der Waals surface area contributed by atoms with Crippen molar-refractivity contribution in [1.82, 2.24) is 4.90 Å². The lowest BCUT2D eigenvalue weighted by molar-refractivity contribution is -0.0699. The van der Waals surface area contributed by atoms with Gasteiger partial charge < -0.3 is 9.84 Å². The van der Waals surface area contributed by atoms with Crippen LogP contribution in [0.25, 0.3) is 0 Å². The minimum absolute atomic E-state index is 0.110. The lowest BCUT2D eigenvalue weighted by Crippen LogP contribution is -2.46. The van der Waals surface area contributed by atoms with Crippen LogP contribution in [0.1, 0.15) is 36.7 Å². The van der Waals surface area contributed by atoms with E-state index >= 15 is 0 Å². The van der Waals surface area contributed by atoms with Gasteiger partial charge in [-0.3, -0.25) is 4.90 Å². The van der Waals surface area contributed by atoms with Crippen LogP contribution in [0, 0.1) is 0 Å². The Bertz CT molecular complexity index is 587. The van der Waals surface area contributed by atoms with Crippen molar-refractivity contribution in [2.75, 3.05) is 19.7 Å². The first kappa shape index (κ1) is 16.2. The number of aliphatic hydroxyl groups excluding tert-OH is 1. The minimum Gasteiger partial charge on any atom is -0.388 e. The van der Waals surface area contributed by atoms with E-state index in [0.29, 0.717) is 6.04 Å². The molecule has 3 rings (SSSR count). The smallest absolute Gasteiger partial charge is 0.0977 e. The summed E-state index contributed by atoms with van der Waals surface area (Å²) in [5, 5.41) is 10.4. The third-order valence-corrected chi connectivity index (χ3v) is 4.69. The zero-order valence-electron chi connectivity index (χ0n) is 13.6. The molecule has 1 heterocycles. The Morgan fingerprint density at radius 1 is 1.09 bits per heavy atom. The van der Waals surface area contributed by atoms with Crippen LogP contribution >= 0.6 is 0 Å². The molecule has 3 heteroatoms. The van der Waals surface area contributed by atoms with Crippen molar-refractivity contribution >= 4 is 0 Å². The average Bonchev–Trinajstić information content (AvgIpc) is 2.62. The van der Waals surface area contributed by atoms with E-state index in [1.807, 2.05) is 36.4 Å². The summed E-state index contributed by atoms with van der Waals surface area (Å²) in [5.41, 5.74) is 2.22. The fourth-order valence-electron chi connectivity index (χ4n) is 3.29. The zero-order chi connectivity index (χ0) is 16.1. The monoisotopic (exact) mass is 311 g/mol. The molecule has 122 valence electrons. The molecule has 3 atom stereocenters. The highest BCUT2D eigenvalue weighted by atomic mass is 16.5. The molecule has 1 N–H and O–H groups in total. The van der Waals surface area contributed by atoms with Crippen molar-refractivity contribution in [2.45, 2.75) is 31.6 Å². The molecule has 1 saturated heterocycles. The van der Waals surface area contributed by atoms with Gasteiger partial charge in [-0.1, -0.05) is 60.7 Å². The molecule has 0 aliphatic carbocycles. The second kappa shape index (κ2) is 7.73. The van der Waals surface area contributed by atoms with Crippen LogP contribution in [0.15, 0.2) is 60.7 Å². The standard InChI is InChI=1S/C20H25NO2/c1-16-20(18-10-6-3-7-11-18)23-15-14-21(16)13-12-19(22)17-8-4-2-5-9-17/h2-11,16,19-20,22H,12-15H2,1H3. The number of benzene rings is 2. The summed E-state index contributed by atoms with van der Waals surface area (Å²) in [6.45, 7) is 4.76. The molecule has 0 aromatic heterocycles. The first-order chi connectivity index (χ1) is 11.3. The third kappa shape index (κ3) is 3.99. The quantitative estimate of drug-likeness (QED) is 0.916. The lowest BCUT2D eigenvalue weighted by Gasteiger charge is -2.40. The Labute approximate surface area is 138 Å². The van der Waals surface area contributed by atoms with Gasteiger partial charge in [0.25, 0.3) is 0 Å². The Morgan fingerprint density at radius 3 is 2.43 bits per heavy atom. The van der Waals surface area contributed by atoms with Gasteiger partial charge in [0.2, 0.25) is 0 Å². The fourth-order valence-corrected chi connectivity index (χ4v) is 3.29. The van der Waals surface area contributed by atoms with Gasteiger partial charge in [-0.25, -0.2) is 0 Å². The van der Waals surface area contributed by atoms with Crippen molar-refractivity contribution < 1.29 is 9.84 Å². The van der Waals surface area contributed by atoms with Crippen LogP contribution in [-0.2, 0) is 4.74 Å². The zero-order valence-corrected chi connectivity index (χ0v) is 13.6. The van der Waals surface area contributed by atoms with Gasteiger partial charge >= 0.3 is 0 Å². The SMILES string of the molecule is CC1C(c2ccccc2)OCCN1CCC(O)c1ccccc1. The van der Waals surface area contributed by atoms with Gasteiger partial charge in [-0.05, 0) is 24.5 Å². The predicted molar refractivity (Wildman–Crippen MR) is 92.2 cm³/mol. The van der Waals surface area contributed by atoms with Crippen molar-refractivity contribution in [1.29, 1.82) is 0 Å². The summed E-state index contributed by atoms with van der Waals surface area (Å²) >= 11 is 0. The maximum absolute atomic E-state index is 10.4. The highest BCUT2D eigenvalue weighted by Crippen LogP contribution is 2.29. The number of hydrogen-bond acceptors (Lipinski definition) is 3. The normalized spacial score (nSPS) is 23.6. The molecular weight excluding hydrogens is 286 g/mol. The maximum atomic E-state index is 10.4. The van der Waals surface area contributed by atoms with Crippen LogP contribution in [-0.4, -0.2) is 35.7 Å². The highest BCUT2D eigenvalue weighted by molar-refractivity contribution is 5.20. The van der Waals surface area contributed by atoms with Crippen molar-refractivity contribution in [3.63, 3.8) is 0 Å². The molecule has 0 radical (unpaired) electrons. The second-order valence-electron chi connectivity index (χ2n) is 6.19. The molecule has 3 unspecified atom stereocenters. The molecule has 0 bridgehead atoms. The molecule has 0 spiro atoms. The third-order valence-electron chi connectivity index (χ3n) is 4.69. The molecule has 0 amide bonds. The largest absolute Gasteiger partial charge is 0.388 e. The molecule has 0 saturated carbocycles. The molecule has 23 heavy (non-hydrogen) atoms. The fraction of sp³-hybridized carbons (Fsp3) is 0.400. The number of hydrogen-bond donors (Lipinski definition) is 1. The van der Waals surface area contributed by atoms with Crippen molar-refractivity contribution in [2.24, 2.45) is 0 Å². The first-order valence-electron chi connectivity index (χ1n) is 8.39. The van der Waals surface area contributed by atoms with Gasteiger partial charge in [-0.15, -0.1) is 0 Å². The summed E-state index contributed by atoms with van der Waals surface area (Å²) < 4.78 is 5.99. The van der Waals surface area contributed by atoms with E-state index < -0.39 is 6.10 Å². The molecule has 2 aromatic rings. The van der Waals surface area contributed by atoms with Gasteiger partial charge in [0.05, 0.1) is 18.8 Å². The Kier molecular flexibility index (Phi) is 5.44. The van der Waals surface area contributed by atoms with Crippen LogP contribution in [0.2, 0.25) is 0 Å². The summed E-state index contributed by atoms with van der Waals surface area (Å²) in [6, 6.07) is 20.6. The topological polar surface area (TPSA) is 32.7 Å². The van der Waals surface area contributed by atoms with E-state index in [1.54, 1.807) is 0 Å². The van der Waals surface area contributed by atoms with Gasteiger partial charge in [-0.2, -0.15) is 0 Å². The summed E-state index contributed by atoms with van der Waals surface area (Å²) in [5.74, 6) is 0. The van der Waals surface area contributed by atoms with Crippen LogP contribution < -0.4 is 0 Å². The molecule has 3 nitrogen and oxygen atoms in total. The lowest BCUT2D eigenvalue weighted by atomic mass is 9.99. The van der Waals surface area contributed by atoms with E-state index in [0.717, 1.165) is 31.7 Å². The Balaban J connectivity index is 1.60. The molecule has 1 fully saturated rings. The predicted octanol–water partition coefficient (Wildman–Crippen LogP) is 3.57. The average molecular weight is 311 g/mol. The molecule has 2 aromatic carbocycles. The van der Waals surface area contributed by atoms with Crippen LogP contribution in [0.3, 0.4) is 0 Å². The molecule has 1 aliphatic rings. The van der Waals surface area contributed by atoms with E-state index in [1.165, 1.54) is 5.56 Å². The van der Waals surface area contributed by atoms with Crippen molar-refractivity contribution in [3.8, 4) is 0 Å². The van der Waals surface area contributed by atoms with Gasteiger partial charge in [0, 0.05) is 19.1 Å². The van der Waals surface area contributed by atoms with Gasteiger partial charge in [0.15, 0.2) is 0 Å². The molecular formula is C20H25NO2. The number of ether oxygens (including phenoxy) is 1. The number of morpholine rings is 1. The minimum atomic E-state index is -0.401. The first-order valence-corrected chi connectivity index (χ1v) is 8.39. The van der Waals surface area contributed by atoms with E-state index in [2.05, 4.69) is 36.1 Å². The second-order valence-corrected chi connectivity index (χ2v) is 6.19. The molecule has 1 aliphatic heterocycles. The highest BCUT2D eigenvalue weighted by Gasteiger charge is 2.29. The Morgan fingerprint density at radius 2 is 1.74 bits per heavy atom.